The molecule has 6 aliphatic rings. The van der Waals surface area contributed by atoms with E-state index in [1.54, 1.807) is 13.0 Å². The summed E-state index contributed by atoms with van der Waals surface area (Å²) in [7, 11) is 0. The SMILES string of the molecule is CC(=O)O[C@H]1CC[C@@]2(C)C(CC[C@]3(C)C2C(O)C=C2C4[C@@H](C)[C@H](C)CC[C@]4(C(=O)Oc4ccc5c(c4O)C(=O)c4c(O)cc(C)cc4C5=O)CC[C@]23C)C1(C)C. The smallest absolute Gasteiger partial charge is 0.318 e. The first-order chi connectivity index (χ1) is 26.1. The van der Waals surface area contributed by atoms with E-state index in [1.807, 2.05) is 0 Å². The highest BCUT2D eigenvalue weighted by Gasteiger charge is 2.71. The van der Waals surface area contributed by atoms with E-state index in [2.05, 4.69) is 54.5 Å². The lowest BCUT2D eigenvalue weighted by molar-refractivity contribution is -0.231. The van der Waals surface area contributed by atoms with Gasteiger partial charge in [0.15, 0.2) is 17.3 Å². The van der Waals surface area contributed by atoms with Gasteiger partial charge in [0.1, 0.15) is 11.9 Å². The fourth-order valence-corrected chi connectivity index (χ4v) is 14.1. The fourth-order valence-electron chi connectivity index (χ4n) is 14.1. The third kappa shape index (κ3) is 5.00. The van der Waals surface area contributed by atoms with E-state index in [0.717, 1.165) is 44.1 Å². The van der Waals surface area contributed by atoms with Crippen LogP contribution in [-0.4, -0.2) is 51.0 Å². The molecule has 4 saturated carbocycles. The highest BCUT2D eigenvalue weighted by molar-refractivity contribution is 6.30. The summed E-state index contributed by atoms with van der Waals surface area (Å²) < 4.78 is 12.1. The van der Waals surface area contributed by atoms with Gasteiger partial charge >= 0.3 is 11.9 Å². The molecular weight excluding hydrogens is 709 g/mol. The number of phenols is 2. The minimum atomic E-state index is -0.935. The van der Waals surface area contributed by atoms with Gasteiger partial charge in [0.05, 0.1) is 22.6 Å². The Kier molecular flexibility index (Phi) is 8.68. The van der Waals surface area contributed by atoms with Gasteiger partial charge in [0.2, 0.25) is 5.78 Å². The number of hydrogen-bond acceptors (Lipinski definition) is 9. The van der Waals surface area contributed by atoms with Gasteiger partial charge in [-0.25, -0.2) is 0 Å². The van der Waals surface area contributed by atoms with Crippen LogP contribution in [0.4, 0.5) is 0 Å². The monoisotopic (exact) mass is 766 g/mol. The number of rotatable bonds is 3. The van der Waals surface area contributed by atoms with Crippen LogP contribution in [0.2, 0.25) is 0 Å². The van der Waals surface area contributed by atoms with E-state index in [1.165, 1.54) is 25.1 Å². The first-order valence-electron chi connectivity index (χ1n) is 20.7. The lowest BCUT2D eigenvalue weighted by Gasteiger charge is -2.72. The molecule has 56 heavy (non-hydrogen) atoms. The number of aromatic hydroxyl groups is 2. The van der Waals surface area contributed by atoms with Gasteiger partial charge in [0, 0.05) is 29.4 Å². The van der Waals surface area contributed by atoms with Crippen molar-refractivity contribution in [3.63, 3.8) is 0 Å². The summed E-state index contributed by atoms with van der Waals surface area (Å²) in [5.41, 5.74) is -0.612. The van der Waals surface area contributed by atoms with Crippen molar-refractivity contribution in [1.29, 1.82) is 0 Å². The Hall–Kier alpha value is -3.98. The molecule has 0 spiro atoms. The van der Waals surface area contributed by atoms with Crippen LogP contribution in [0.15, 0.2) is 35.9 Å². The Labute approximate surface area is 330 Å². The summed E-state index contributed by atoms with van der Waals surface area (Å²) >= 11 is 0. The van der Waals surface area contributed by atoms with Crippen molar-refractivity contribution in [3.05, 3.63) is 63.7 Å². The van der Waals surface area contributed by atoms with E-state index in [0.29, 0.717) is 24.3 Å². The first-order valence-corrected chi connectivity index (χ1v) is 20.7. The quantitative estimate of drug-likeness (QED) is 0.135. The highest BCUT2D eigenvalue weighted by Crippen LogP contribution is 2.76. The summed E-state index contributed by atoms with van der Waals surface area (Å²) in [6, 6.07) is 5.75. The van der Waals surface area contributed by atoms with Gasteiger partial charge in [-0.15, -0.1) is 0 Å². The standard InChI is InChI=1S/C47H58O9/c1-23-20-28-35(30(49)21-23)40(53)36-27(38(28)51)10-11-32(39(36)52)56-42(54)47-17-12-24(2)25(3)37(47)29-22-31(50)41-44(7)15-14-34(55-26(4)48)43(5,6)33(44)13-16-46(41,9)45(29,8)18-19-47/h10-11,20-22,24-25,31,33-34,37,41,49-50,52H,12-19H2,1-9H3/t24-,25+,31?,33?,34+,37?,41?,44+,45-,46-,47+/m1/s1. The number of hydrogen-bond donors (Lipinski definition) is 3. The molecule has 9 heteroatoms. The number of ether oxygens (including phenoxy) is 2. The maximum atomic E-state index is 14.9. The van der Waals surface area contributed by atoms with Crippen LogP contribution in [0.1, 0.15) is 144 Å². The number of carbonyl (C=O) groups is 4. The van der Waals surface area contributed by atoms with E-state index < -0.39 is 34.8 Å². The van der Waals surface area contributed by atoms with E-state index in [4.69, 9.17) is 9.47 Å². The zero-order chi connectivity index (χ0) is 40.7. The molecule has 0 bridgehead atoms. The maximum Gasteiger partial charge on any atom is 0.318 e. The van der Waals surface area contributed by atoms with Crippen LogP contribution in [0.3, 0.4) is 0 Å². The fraction of sp³-hybridized carbons (Fsp3) is 0.617. The summed E-state index contributed by atoms with van der Waals surface area (Å²) in [6.45, 7) is 19.2. The molecule has 0 radical (unpaired) electrons. The Balaban J connectivity index is 1.16. The van der Waals surface area contributed by atoms with Gasteiger partial charge in [-0.3, -0.25) is 19.2 Å². The maximum absolute atomic E-state index is 14.9. The average molecular weight is 767 g/mol. The van der Waals surface area contributed by atoms with Crippen LogP contribution in [0, 0.1) is 63.6 Å². The van der Waals surface area contributed by atoms with Crippen molar-refractivity contribution in [2.45, 2.75) is 126 Å². The van der Waals surface area contributed by atoms with Crippen molar-refractivity contribution in [3.8, 4) is 17.2 Å². The Morgan fingerprint density at radius 2 is 1.55 bits per heavy atom. The largest absolute Gasteiger partial charge is 0.507 e. The number of aryl methyl sites for hydroxylation is 1. The summed E-state index contributed by atoms with van der Waals surface area (Å²) in [5.74, 6) is -2.66. The molecular formula is C47H58O9. The molecule has 9 nitrogen and oxygen atoms in total. The molecule has 0 saturated heterocycles. The van der Waals surface area contributed by atoms with Gasteiger partial charge in [-0.05, 0) is 128 Å². The third-order valence-electron chi connectivity index (χ3n) is 17.1. The topological polar surface area (TPSA) is 147 Å². The predicted octanol–water partition coefficient (Wildman–Crippen LogP) is 8.65. The predicted molar refractivity (Wildman–Crippen MR) is 209 cm³/mol. The van der Waals surface area contributed by atoms with Crippen molar-refractivity contribution in [1.82, 2.24) is 0 Å². The summed E-state index contributed by atoms with van der Waals surface area (Å²) in [4.78, 5) is 54.3. The summed E-state index contributed by atoms with van der Waals surface area (Å²) in [5, 5.41) is 34.8. The number of carbonyl (C=O) groups excluding carboxylic acids is 4. The number of benzene rings is 2. The molecule has 11 atom stereocenters. The van der Waals surface area contributed by atoms with E-state index in [9.17, 15) is 34.5 Å². The second-order valence-corrected chi connectivity index (χ2v) is 20.0. The highest BCUT2D eigenvalue weighted by atomic mass is 16.5. The lowest BCUT2D eigenvalue weighted by Crippen LogP contribution is -2.68. The zero-order valence-electron chi connectivity index (χ0n) is 34.4. The number of phenolic OH excluding ortho intramolecular Hbond substituents is 2. The molecule has 4 fully saturated rings. The van der Waals surface area contributed by atoms with Crippen LogP contribution in [0.5, 0.6) is 17.2 Å². The number of allylic oxidation sites excluding steroid dienone is 1. The van der Waals surface area contributed by atoms with Gasteiger partial charge in [0.25, 0.3) is 0 Å². The minimum Gasteiger partial charge on any atom is -0.507 e. The van der Waals surface area contributed by atoms with E-state index >= 15 is 0 Å². The van der Waals surface area contributed by atoms with Crippen LogP contribution in [0.25, 0.3) is 0 Å². The molecule has 2 aromatic carbocycles. The second-order valence-electron chi connectivity index (χ2n) is 20.0. The number of ketones is 2. The molecule has 3 N–H and O–H groups in total. The number of fused-ring (bicyclic) bond motifs is 9. The second kappa shape index (κ2) is 12.5. The van der Waals surface area contributed by atoms with Crippen molar-refractivity contribution in [2.24, 2.45) is 56.7 Å². The van der Waals surface area contributed by atoms with Gasteiger partial charge in [-0.1, -0.05) is 60.1 Å². The third-order valence-corrected chi connectivity index (χ3v) is 17.1. The molecule has 4 unspecified atom stereocenters. The lowest BCUT2D eigenvalue weighted by atomic mass is 9.33. The number of aliphatic hydroxyl groups is 1. The molecule has 0 heterocycles. The van der Waals surface area contributed by atoms with Crippen LogP contribution >= 0.6 is 0 Å². The molecule has 0 aliphatic heterocycles. The molecule has 0 amide bonds. The van der Waals surface area contributed by atoms with E-state index in [-0.39, 0.29) is 91.2 Å². The van der Waals surface area contributed by atoms with Crippen molar-refractivity contribution in [2.75, 3.05) is 0 Å². The normalized spacial score (nSPS) is 39.4. The van der Waals surface area contributed by atoms with Crippen LogP contribution in [-0.2, 0) is 14.3 Å². The average Bonchev–Trinajstić information content (AvgIpc) is 3.11. The Morgan fingerprint density at radius 3 is 2.25 bits per heavy atom. The number of aliphatic hydroxyl groups excluding tert-OH is 1. The van der Waals surface area contributed by atoms with Crippen molar-refractivity contribution < 1.29 is 44.0 Å². The van der Waals surface area contributed by atoms with Gasteiger partial charge in [-0.2, -0.15) is 0 Å². The molecule has 6 aliphatic carbocycles. The molecule has 300 valence electrons. The summed E-state index contributed by atoms with van der Waals surface area (Å²) in [6.07, 6.45) is 7.37. The molecule has 0 aromatic heterocycles. The molecule has 2 aromatic rings. The Bertz CT molecular complexity index is 2110. The Morgan fingerprint density at radius 1 is 0.839 bits per heavy atom. The number of esters is 2. The van der Waals surface area contributed by atoms with Crippen molar-refractivity contribution >= 4 is 23.5 Å². The zero-order valence-corrected chi connectivity index (χ0v) is 34.4. The first kappa shape index (κ1) is 38.9. The van der Waals surface area contributed by atoms with Crippen LogP contribution < -0.4 is 4.74 Å². The van der Waals surface area contributed by atoms with Gasteiger partial charge < -0.3 is 24.8 Å². The molecule has 8 rings (SSSR count). The minimum absolute atomic E-state index is 0.00907.